The minimum atomic E-state index is -0.291. The van der Waals surface area contributed by atoms with Gasteiger partial charge in [0.05, 0.1) is 12.3 Å². The summed E-state index contributed by atoms with van der Waals surface area (Å²) < 4.78 is 1.88. The van der Waals surface area contributed by atoms with Crippen LogP contribution in [0.5, 0.6) is 0 Å². The predicted octanol–water partition coefficient (Wildman–Crippen LogP) is 0.911. The van der Waals surface area contributed by atoms with Crippen LogP contribution in [-0.2, 0) is 13.6 Å². The molecule has 114 valence electrons. The van der Waals surface area contributed by atoms with Crippen LogP contribution in [0.1, 0.15) is 31.0 Å². The molecule has 2 heterocycles. The first-order valence-electron chi connectivity index (χ1n) is 7.65. The smallest absolute Gasteiger partial charge is 0.0791 e. The van der Waals surface area contributed by atoms with Crippen LogP contribution in [0.25, 0.3) is 0 Å². The summed E-state index contributed by atoms with van der Waals surface area (Å²) in [4.78, 5) is 2.38. The summed E-state index contributed by atoms with van der Waals surface area (Å²) >= 11 is 0. The lowest BCUT2D eigenvalue weighted by Gasteiger charge is -2.31. The fraction of sp³-hybridized carbons (Fsp3) is 0.800. The van der Waals surface area contributed by atoms with E-state index in [9.17, 15) is 5.11 Å². The molecule has 2 N–H and O–H groups in total. The van der Waals surface area contributed by atoms with Gasteiger partial charge in [0.1, 0.15) is 0 Å². The summed E-state index contributed by atoms with van der Waals surface area (Å²) in [6.45, 7) is 8.82. The third-order valence-corrected chi connectivity index (χ3v) is 4.38. The molecule has 0 aliphatic carbocycles. The van der Waals surface area contributed by atoms with Crippen LogP contribution in [0, 0.1) is 12.8 Å². The quantitative estimate of drug-likeness (QED) is 0.813. The fourth-order valence-electron chi connectivity index (χ4n) is 2.70. The number of nitrogens with one attached hydrogen (secondary N) is 1. The molecule has 1 fully saturated rings. The van der Waals surface area contributed by atoms with E-state index < -0.39 is 0 Å². The maximum atomic E-state index is 10.1. The van der Waals surface area contributed by atoms with Crippen molar-refractivity contribution in [3.8, 4) is 0 Å². The molecule has 1 saturated heterocycles. The van der Waals surface area contributed by atoms with Crippen LogP contribution in [-0.4, -0.2) is 52.1 Å². The first-order valence-corrected chi connectivity index (χ1v) is 7.65. The van der Waals surface area contributed by atoms with E-state index in [4.69, 9.17) is 0 Å². The Morgan fingerprint density at radius 2 is 2.15 bits per heavy atom. The van der Waals surface area contributed by atoms with E-state index in [1.54, 1.807) is 0 Å². The van der Waals surface area contributed by atoms with Gasteiger partial charge in [-0.15, -0.1) is 0 Å². The zero-order chi connectivity index (χ0) is 14.5. The second kappa shape index (κ2) is 7.20. The van der Waals surface area contributed by atoms with Crippen molar-refractivity contribution in [2.45, 2.75) is 39.3 Å². The number of aliphatic hydroxyl groups is 1. The van der Waals surface area contributed by atoms with Crippen LogP contribution >= 0.6 is 0 Å². The predicted molar refractivity (Wildman–Crippen MR) is 80.5 cm³/mol. The Morgan fingerprint density at radius 1 is 1.45 bits per heavy atom. The highest BCUT2D eigenvalue weighted by molar-refractivity contribution is 5.15. The monoisotopic (exact) mass is 280 g/mol. The van der Waals surface area contributed by atoms with E-state index in [-0.39, 0.29) is 6.10 Å². The summed E-state index contributed by atoms with van der Waals surface area (Å²) in [6, 6.07) is 0. The summed E-state index contributed by atoms with van der Waals surface area (Å²) in [5, 5.41) is 17.6. The van der Waals surface area contributed by atoms with E-state index >= 15 is 0 Å². The fourth-order valence-corrected chi connectivity index (χ4v) is 2.70. The Bertz CT molecular complexity index is 410. The Kier molecular flexibility index (Phi) is 5.57. The van der Waals surface area contributed by atoms with Gasteiger partial charge < -0.3 is 15.3 Å². The van der Waals surface area contributed by atoms with Crippen LogP contribution in [0.3, 0.4) is 0 Å². The number of nitrogens with zero attached hydrogens (tertiary/aromatic N) is 3. The topological polar surface area (TPSA) is 53.3 Å². The van der Waals surface area contributed by atoms with Crippen LogP contribution in [0.4, 0.5) is 0 Å². The van der Waals surface area contributed by atoms with Crippen molar-refractivity contribution in [3.05, 3.63) is 17.5 Å². The van der Waals surface area contributed by atoms with E-state index in [1.807, 2.05) is 17.9 Å². The summed E-state index contributed by atoms with van der Waals surface area (Å²) in [5.74, 6) is 0.843. The molecule has 0 aromatic carbocycles. The minimum absolute atomic E-state index is 0.291. The van der Waals surface area contributed by atoms with Crippen molar-refractivity contribution in [3.63, 3.8) is 0 Å². The molecule has 20 heavy (non-hydrogen) atoms. The Morgan fingerprint density at radius 3 is 2.75 bits per heavy atom. The lowest BCUT2D eigenvalue weighted by atomic mass is 9.99. The largest absolute Gasteiger partial charge is 0.390 e. The lowest BCUT2D eigenvalue weighted by Crippen LogP contribution is -2.41. The van der Waals surface area contributed by atoms with E-state index in [0.29, 0.717) is 6.54 Å². The molecule has 0 spiro atoms. The number of piperidine rings is 1. The second-order valence-corrected chi connectivity index (χ2v) is 6.15. The van der Waals surface area contributed by atoms with Gasteiger partial charge in [0, 0.05) is 37.9 Å². The molecule has 5 heteroatoms. The number of likely N-dealkylation sites (tertiary alicyclic amines) is 1. The van der Waals surface area contributed by atoms with Crippen molar-refractivity contribution >= 4 is 0 Å². The number of rotatable bonds is 6. The van der Waals surface area contributed by atoms with Crippen LogP contribution < -0.4 is 5.32 Å². The molecule has 1 aliphatic heterocycles. The molecule has 0 saturated carbocycles. The molecule has 2 rings (SSSR count). The third kappa shape index (κ3) is 4.30. The Balaban J connectivity index is 1.65. The molecule has 1 aliphatic rings. The number of aliphatic hydroxyl groups excluding tert-OH is 1. The second-order valence-electron chi connectivity index (χ2n) is 6.15. The molecule has 0 bridgehead atoms. The van der Waals surface area contributed by atoms with Crippen molar-refractivity contribution in [1.29, 1.82) is 0 Å². The summed E-state index contributed by atoms with van der Waals surface area (Å²) in [7, 11) is 1.95. The maximum absolute atomic E-state index is 10.1. The first-order chi connectivity index (χ1) is 9.56. The Hall–Kier alpha value is -0.910. The molecular weight excluding hydrogens is 252 g/mol. The lowest BCUT2D eigenvalue weighted by molar-refractivity contribution is 0.0906. The Labute approximate surface area is 122 Å². The van der Waals surface area contributed by atoms with Gasteiger partial charge in [-0.2, -0.15) is 5.10 Å². The molecule has 1 aromatic heterocycles. The zero-order valence-electron chi connectivity index (χ0n) is 13.0. The molecule has 5 nitrogen and oxygen atoms in total. The van der Waals surface area contributed by atoms with Gasteiger partial charge in [0.15, 0.2) is 0 Å². The molecular formula is C15H28N4O. The van der Waals surface area contributed by atoms with Gasteiger partial charge in [0.2, 0.25) is 0 Å². The van der Waals surface area contributed by atoms with Gasteiger partial charge in [-0.1, -0.05) is 6.92 Å². The highest BCUT2D eigenvalue weighted by atomic mass is 16.3. The number of aryl methyl sites for hydroxylation is 1. The van der Waals surface area contributed by atoms with Crippen molar-refractivity contribution < 1.29 is 5.11 Å². The average molecular weight is 280 g/mol. The van der Waals surface area contributed by atoms with Gasteiger partial charge >= 0.3 is 0 Å². The summed E-state index contributed by atoms with van der Waals surface area (Å²) in [5.41, 5.74) is 2.38. The van der Waals surface area contributed by atoms with Crippen molar-refractivity contribution in [1.82, 2.24) is 20.0 Å². The zero-order valence-corrected chi connectivity index (χ0v) is 13.0. The van der Waals surface area contributed by atoms with E-state index in [2.05, 4.69) is 29.2 Å². The molecule has 1 atom stereocenters. The third-order valence-electron chi connectivity index (χ3n) is 4.38. The van der Waals surface area contributed by atoms with Gasteiger partial charge in [-0.3, -0.25) is 4.68 Å². The number of hydrogen-bond donors (Lipinski definition) is 2. The molecule has 1 unspecified atom stereocenters. The first kappa shape index (κ1) is 15.5. The number of hydrogen-bond acceptors (Lipinski definition) is 4. The van der Waals surface area contributed by atoms with Gasteiger partial charge in [-0.05, 0) is 38.8 Å². The van der Waals surface area contributed by atoms with Crippen LogP contribution in [0.15, 0.2) is 6.20 Å². The highest BCUT2D eigenvalue weighted by Crippen LogP contribution is 2.15. The van der Waals surface area contributed by atoms with Crippen molar-refractivity contribution in [2.24, 2.45) is 13.0 Å². The molecule has 0 amide bonds. The van der Waals surface area contributed by atoms with Crippen LogP contribution in [0.2, 0.25) is 0 Å². The molecule has 1 aromatic rings. The highest BCUT2D eigenvalue weighted by Gasteiger charge is 2.18. The SMILES string of the molecule is Cc1c(CNCC(O)CN2CCC(C)CC2)cnn1C. The minimum Gasteiger partial charge on any atom is -0.390 e. The normalized spacial score (nSPS) is 19.4. The van der Waals surface area contributed by atoms with Gasteiger partial charge in [-0.25, -0.2) is 0 Å². The molecule has 0 radical (unpaired) electrons. The number of β-amino-alcohol motifs (C(OH)–C–C–N with tert-alkyl or cyclic N) is 1. The number of aromatic nitrogens is 2. The van der Waals surface area contributed by atoms with E-state index in [0.717, 1.165) is 32.1 Å². The summed E-state index contributed by atoms with van der Waals surface area (Å²) in [6.07, 6.45) is 4.12. The standard InChI is InChI=1S/C15H28N4O/c1-12-4-6-19(7-5-12)11-15(20)10-16-8-14-9-17-18(3)13(14)2/h9,12,15-16,20H,4-8,10-11H2,1-3H3. The average Bonchev–Trinajstić information content (AvgIpc) is 2.73. The van der Waals surface area contributed by atoms with Crippen molar-refractivity contribution in [2.75, 3.05) is 26.2 Å². The van der Waals surface area contributed by atoms with E-state index in [1.165, 1.54) is 24.1 Å². The van der Waals surface area contributed by atoms with Gasteiger partial charge in [0.25, 0.3) is 0 Å². The maximum Gasteiger partial charge on any atom is 0.0791 e.